The highest BCUT2D eigenvalue weighted by molar-refractivity contribution is 6.63. The number of hydrogen-bond acceptors (Lipinski definition) is 4. The minimum absolute atomic E-state index is 0.120. The van der Waals surface area contributed by atoms with E-state index in [4.69, 9.17) is 13.7 Å². The van der Waals surface area contributed by atoms with Gasteiger partial charge in [-0.15, -0.1) is 0 Å². The average molecular weight is 310 g/mol. The van der Waals surface area contributed by atoms with Gasteiger partial charge in [-0.05, 0) is 39.8 Å². The summed E-state index contributed by atoms with van der Waals surface area (Å²) < 4.78 is 17.9. The third-order valence-electron chi connectivity index (χ3n) is 5.03. The fraction of sp³-hybridized carbons (Fsp3) is 0.333. The lowest BCUT2D eigenvalue weighted by Crippen LogP contribution is -2.41. The molecule has 1 saturated heterocycles. The van der Waals surface area contributed by atoms with E-state index in [0.717, 1.165) is 16.4 Å². The second-order valence-corrected chi connectivity index (χ2v) is 7.09. The molecule has 4 rings (SSSR count). The van der Waals surface area contributed by atoms with E-state index in [1.54, 1.807) is 6.07 Å². The number of furan rings is 1. The number of fused-ring (bicyclic) bond motifs is 3. The monoisotopic (exact) mass is 310 g/mol. The van der Waals surface area contributed by atoms with Gasteiger partial charge in [-0.2, -0.15) is 0 Å². The molecule has 2 heterocycles. The first-order valence-electron chi connectivity index (χ1n) is 7.78. The van der Waals surface area contributed by atoms with Gasteiger partial charge in [0, 0.05) is 22.3 Å². The van der Waals surface area contributed by atoms with Crippen LogP contribution in [-0.4, -0.2) is 23.4 Å². The summed E-state index contributed by atoms with van der Waals surface area (Å²) in [6.45, 7) is 7.98. The zero-order valence-corrected chi connectivity index (χ0v) is 13.7. The summed E-state index contributed by atoms with van der Waals surface area (Å²) in [4.78, 5) is 0. The molecule has 0 amide bonds. The number of benzene rings is 2. The Balaban J connectivity index is 1.88. The predicted molar refractivity (Wildman–Crippen MR) is 91.1 cm³/mol. The van der Waals surface area contributed by atoms with E-state index in [2.05, 4.69) is 0 Å². The Morgan fingerprint density at radius 3 is 2.22 bits per heavy atom. The zero-order valence-electron chi connectivity index (χ0n) is 13.7. The van der Waals surface area contributed by atoms with Crippen LogP contribution in [0.4, 0.5) is 0 Å². The fourth-order valence-corrected chi connectivity index (χ4v) is 2.94. The Morgan fingerprint density at radius 2 is 1.52 bits per heavy atom. The van der Waals surface area contributed by atoms with E-state index in [-0.39, 0.29) is 5.75 Å². The summed E-state index contributed by atoms with van der Waals surface area (Å²) in [6.07, 6.45) is 0. The van der Waals surface area contributed by atoms with Gasteiger partial charge in [0.05, 0.1) is 11.2 Å². The molecule has 1 aromatic heterocycles. The second-order valence-electron chi connectivity index (χ2n) is 7.09. The minimum Gasteiger partial charge on any atom is -0.508 e. The van der Waals surface area contributed by atoms with E-state index in [1.165, 1.54) is 0 Å². The maximum Gasteiger partial charge on any atom is 0.498 e. The summed E-state index contributed by atoms with van der Waals surface area (Å²) in [5.41, 5.74) is 1.19. The van der Waals surface area contributed by atoms with Gasteiger partial charge in [0.2, 0.25) is 0 Å². The molecule has 0 atom stereocenters. The molecular weight excluding hydrogens is 291 g/mol. The molecule has 0 bridgehead atoms. The molecule has 3 aromatic rings. The summed E-state index contributed by atoms with van der Waals surface area (Å²) in [5, 5.41) is 12.4. The van der Waals surface area contributed by atoms with Crippen molar-refractivity contribution in [3.63, 3.8) is 0 Å². The van der Waals surface area contributed by atoms with Gasteiger partial charge in [0.15, 0.2) is 0 Å². The maximum absolute atomic E-state index is 10.4. The van der Waals surface area contributed by atoms with Gasteiger partial charge in [-0.1, -0.05) is 18.2 Å². The third kappa shape index (κ3) is 2.07. The average Bonchev–Trinajstić information content (AvgIpc) is 2.91. The summed E-state index contributed by atoms with van der Waals surface area (Å²) in [6, 6.07) is 11.4. The van der Waals surface area contributed by atoms with Crippen molar-refractivity contribution in [3.8, 4) is 5.75 Å². The van der Waals surface area contributed by atoms with Crippen LogP contribution in [0.2, 0.25) is 0 Å². The van der Waals surface area contributed by atoms with Crippen LogP contribution in [0.1, 0.15) is 27.7 Å². The smallest absolute Gasteiger partial charge is 0.498 e. The lowest BCUT2D eigenvalue weighted by Gasteiger charge is -2.32. The number of hydrogen-bond donors (Lipinski definition) is 1. The first kappa shape index (κ1) is 14.6. The number of phenolic OH excluding ortho intramolecular Hbond substituents is 1. The highest BCUT2D eigenvalue weighted by Crippen LogP contribution is 2.38. The highest BCUT2D eigenvalue weighted by Gasteiger charge is 2.52. The van der Waals surface area contributed by atoms with Gasteiger partial charge in [0.25, 0.3) is 0 Å². The Labute approximate surface area is 135 Å². The first-order valence-corrected chi connectivity index (χ1v) is 7.78. The van der Waals surface area contributed by atoms with Crippen molar-refractivity contribution >= 4 is 34.5 Å². The molecule has 0 saturated carbocycles. The van der Waals surface area contributed by atoms with Crippen LogP contribution in [0.15, 0.2) is 40.8 Å². The molecule has 4 nitrogen and oxygen atoms in total. The Bertz CT molecular complexity index is 894. The topological polar surface area (TPSA) is 51.8 Å². The molecule has 0 aliphatic carbocycles. The van der Waals surface area contributed by atoms with Gasteiger partial charge in [0.1, 0.15) is 16.9 Å². The van der Waals surface area contributed by atoms with Gasteiger partial charge in [-0.25, -0.2) is 0 Å². The van der Waals surface area contributed by atoms with E-state index < -0.39 is 18.3 Å². The van der Waals surface area contributed by atoms with Crippen LogP contribution in [0.5, 0.6) is 5.75 Å². The second kappa shape index (κ2) is 4.52. The van der Waals surface area contributed by atoms with E-state index in [0.29, 0.717) is 11.0 Å². The zero-order chi connectivity index (χ0) is 16.4. The standard InChI is InChI=1S/C18H19BO4/c1-17(2)18(3,4)23-19(22-17)13-9-12-11-7-5-6-8-15(11)21-16(12)10-14(13)20/h5-10,20H,1-4H3. The van der Waals surface area contributed by atoms with Crippen molar-refractivity contribution in [1.82, 2.24) is 0 Å². The van der Waals surface area contributed by atoms with Crippen LogP contribution in [0.3, 0.4) is 0 Å². The number of aromatic hydroxyl groups is 1. The Morgan fingerprint density at radius 1 is 0.870 bits per heavy atom. The lowest BCUT2D eigenvalue weighted by molar-refractivity contribution is 0.00578. The van der Waals surface area contributed by atoms with Crippen LogP contribution in [0.25, 0.3) is 21.9 Å². The summed E-state index contributed by atoms with van der Waals surface area (Å²) >= 11 is 0. The van der Waals surface area contributed by atoms with Crippen molar-refractivity contribution in [2.75, 3.05) is 0 Å². The fourth-order valence-electron chi connectivity index (χ4n) is 2.94. The number of para-hydroxylation sites is 1. The van der Waals surface area contributed by atoms with Crippen molar-refractivity contribution < 1.29 is 18.8 Å². The normalized spacial score (nSPS) is 19.7. The summed E-state index contributed by atoms with van der Waals surface area (Å²) in [5.74, 6) is 0.120. The molecule has 0 unspecified atom stereocenters. The molecule has 0 spiro atoms. The molecular formula is C18H19BO4. The molecule has 23 heavy (non-hydrogen) atoms. The maximum atomic E-state index is 10.4. The van der Waals surface area contributed by atoms with Crippen LogP contribution < -0.4 is 5.46 Å². The van der Waals surface area contributed by atoms with Crippen LogP contribution >= 0.6 is 0 Å². The van der Waals surface area contributed by atoms with Gasteiger partial charge < -0.3 is 18.8 Å². The van der Waals surface area contributed by atoms with Gasteiger partial charge >= 0.3 is 7.12 Å². The van der Waals surface area contributed by atoms with Crippen LogP contribution in [-0.2, 0) is 9.31 Å². The number of phenols is 1. The largest absolute Gasteiger partial charge is 0.508 e. The van der Waals surface area contributed by atoms with Crippen LogP contribution in [0, 0.1) is 0 Å². The SMILES string of the molecule is CC1(C)OB(c2cc3c(cc2O)oc2ccccc23)OC1(C)C. The van der Waals surface area contributed by atoms with Crippen molar-refractivity contribution in [1.29, 1.82) is 0 Å². The quantitative estimate of drug-likeness (QED) is 0.698. The first-order chi connectivity index (χ1) is 10.8. The van der Waals surface area contributed by atoms with Crippen molar-refractivity contribution in [2.45, 2.75) is 38.9 Å². The molecule has 1 fully saturated rings. The molecule has 1 aliphatic rings. The van der Waals surface area contributed by atoms with E-state index in [9.17, 15) is 5.11 Å². The predicted octanol–water partition coefficient (Wildman–Crippen LogP) is 3.59. The summed E-state index contributed by atoms with van der Waals surface area (Å²) in [7, 11) is -0.599. The molecule has 0 radical (unpaired) electrons. The Hall–Kier alpha value is -1.98. The van der Waals surface area contributed by atoms with E-state index in [1.807, 2.05) is 58.0 Å². The number of rotatable bonds is 1. The van der Waals surface area contributed by atoms with Crippen molar-refractivity contribution in [2.24, 2.45) is 0 Å². The molecule has 2 aromatic carbocycles. The minimum atomic E-state index is -0.599. The Kier molecular flexibility index (Phi) is 2.87. The highest BCUT2D eigenvalue weighted by atomic mass is 16.7. The third-order valence-corrected chi connectivity index (χ3v) is 5.03. The molecule has 1 N–H and O–H groups in total. The van der Waals surface area contributed by atoms with E-state index >= 15 is 0 Å². The molecule has 1 aliphatic heterocycles. The van der Waals surface area contributed by atoms with Gasteiger partial charge in [-0.3, -0.25) is 0 Å². The molecule has 118 valence electrons. The molecule has 5 heteroatoms. The van der Waals surface area contributed by atoms with Crippen molar-refractivity contribution in [3.05, 3.63) is 36.4 Å². The lowest BCUT2D eigenvalue weighted by atomic mass is 9.77.